The molecule has 0 fully saturated rings. The fraction of sp³-hybridized carbons (Fsp3) is 0. The maximum absolute atomic E-state index is 4.39. The second-order valence-electron chi connectivity index (χ2n) is 6.10. The summed E-state index contributed by atoms with van der Waals surface area (Å²) in [4.78, 5) is 4.39. The van der Waals surface area contributed by atoms with E-state index in [1.165, 1.54) is 25.2 Å². The third-order valence-electron chi connectivity index (χ3n) is 4.22. The molecule has 27 heavy (non-hydrogen) atoms. The van der Waals surface area contributed by atoms with Crippen LogP contribution in [0, 0.1) is 0 Å². The largest absolute Gasteiger partial charge is 0.0622 e. The molecule has 130 valence electrons. The predicted octanol–water partition coefficient (Wildman–Crippen LogP) is 6.31. The molecular weight excluding hydrogens is 393 g/mol. The first-order valence-corrected chi connectivity index (χ1v) is 10.6. The molecule has 0 atom stereocenters. The number of pyridine rings is 1. The molecular formula is C25H19NSe. The van der Waals surface area contributed by atoms with E-state index in [0.29, 0.717) is 14.5 Å². The molecule has 0 bridgehead atoms. The Morgan fingerprint density at radius 1 is 0.556 bits per heavy atom. The van der Waals surface area contributed by atoms with Gasteiger partial charge in [0.25, 0.3) is 0 Å². The molecule has 0 aliphatic carbocycles. The topological polar surface area (TPSA) is 12.9 Å². The second kappa shape index (κ2) is 8.64. The smallest absolute Gasteiger partial charge is 0.0184 e. The number of fused-ring (bicyclic) bond motifs is 1. The summed E-state index contributed by atoms with van der Waals surface area (Å²) in [7, 11) is 0. The van der Waals surface area contributed by atoms with Gasteiger partial charge in [0.05, 0.1) is 0 Å². The van der Waals surface area contributed by atoms with E-state index in [-0.39, 0.29) is 0 Å². The SMILES string of the molecule is c1ccc(-c2cc3ccccc3[se]2)nc1.c1ccc(-c2ccccc2)cc1. The van der Waals surface area contributed by atoms with Crippen LogP contribution in [0.5, 0.6) is 0 Å². The van der Waals surface area contributed by atoms with E-state index in [9.17, 15) is 0 Å². The Morgan fingerprint density at radius 3 is 1.74 bits per heavy atom. The predicted molar refractivity (Wildman–Crippen MR) is 116 cm³/mol. The Labute approximate surface area is 165 Å². The molecule has 0 spiro atoms. The maximum Gasteiger partial charge on any atom is -0.0184 e. The summed E-state index contributed by atoms with van der Waals surface area (Å²) >= 11 is 0.422. The summed E-state index contributed by atoms with van der Waals surface area (Å²) in [6.07, 6.45) is 1.86. The van der Waals surface area contributed by atoms with E-state index >= 15 is 0 Å². The van der Waals surface area contributed by atoms with E-state index in [2.05, 4.69) is 89.9 Å². The zero-order chi connectivity index (χ0) is 18.3. The molecule has 0 radical (unpaired) electrons. The van der Waals surface area contributed by atoms with Gasteiger partial charge in [-0.2, -0.15) is 0 Å². The first-order valence-electron chi connectivity index (χ1n) is 8.90. The standard InChI is InChI=1S/C13H9NSe.C12H10/c1-2-7-12-10(5-1)9-13(15-12)11-6-3-4-8-14-11;1-3-7-11(8-4-1)12-9-5-2-6-10-12/h1-9H;1-10H. The third kappa shape index (κ3) is 4.43. The fourth-order valence-corrected chi connectivity index (χ4v) is 5.06. The minimum absolute atomic E-state index is 0.422. The molecule has 1 nitrogen and oxygen atoms in total. The van der Waals surface area contributed by atoms with Crippen LogP contribution < -0.4 is 0 Å². The van der Waals surface area contributed by atoms with Gasteiger partial charge in [-0.3, -0.25) is 0 Å². The van der Waals surface area contributed by atoms with Crippen LogP contribution in [0.1, 0.15) is 0 Å². The number of nitrogens with zero attached hydrogens (tertiary/aromatic N) is 1. The minimum Gasteiger partial charge on any atom is -0.0622 e. The van der Waals surface area contributed by atoms with Crippen molar-refractivity contribution in [3.05, 3.63) is 115 Å². The molecule has 0 saturated carbocycles. The van der Waals surface area contributed by atoms with Gasteiger partial charge in [0, 0.05) is 0 Å². The summed E-state index contributed by atoms with van der Waals surface area (Å²) in [6.45, 7) is 0. The molecule has 0 aliphatic rings. The van der Waals surface area contributed by atoms with Crippen molar-refractivity contribution in [1.29, 1.82) is 0 Å². The van der Waals surface area contributed by atoms with Crippen molar-refractivity contribution < 1.29 is 0 Å². The quantitative estimate of drug-likeness (QED) is 0.310. The van der Waals surface area contributed by atoms with Crippen molar-refractivity contribution in [2.24, 2.45) is 0 Å². The van der Waals surface area contributed by atoms with Crippen molar-refractivity contribution in [2.75, 3.05) is 0 Å². The van der Waals surface area contributed by atoms with E-state index in [1.54, 1.807) is 0 Å². The van der Waals surface area contributed by atoms with Gasteiger partial charge < -0.3 is 0 Å². The first-order chi connectivity index (χ1) is 13.4. The van der Waals surface area contributed by atoms with Crippen molar-refractivity contribution >= 4 is 24.1 Å². The number of aromatic nitrogens is 1. The van der Waals surface area contributed by atoms with Crippen LogP contribution >= 0.6 is 0 Å². The Balaban J connectivity index is 0.000000137. The van der Waals surface area contributed by atoms with Crippen LogP contribution in [-0.4, -0.2) is 19.5 Å². The second-order valence-corrected chi connectivity index (χ2v) is 8.37. The molecule has 0 saturated heterocycles. The van der Waals surface area contributed by atoms with Gasteiger partial charge in [-0.05, 0) is 11.1 Å². The monoisotopic (exact) mass is 413 g/mol. The Bertz CT molecular complexity index is 1030. The third-order valence-corrected chi connectivity index (χ3v) is 6.61. The van der Waals surface area contributed by atoms with E-state index < -0.39 is 0 Å². The summed E-state index contributed by atoms with van der Waals surface area (Å²) in [6, 6.07) is 37.7. The number of rotatable bonds is 2. The van der Waals surface area contributed by atoms with Gasteiger partial charge in [0.15, 0.2) is 0 Å². The zero-order valence-electron chi connectivity index (χ0n) is 14.8. The first kappa shape index (κ1) is 17.5. The Morgan fingerprint density at radius 2 is 1.15 bits per heavy atom. The van der Waals surface area contributed by atoms with Gasteiger partial charge in [0.1, 0.15) is 0 Å². The molecule has 3 aromatic carbocycles. The van der Waals surface area contributed by atoms with Crippen molar-refractivity contribution in [3.63, 3.8) is 0 Å². The zero-order valence-corrected chi connectivity index (χ0v) is 16.5. The van der Waals surface area contributed by atoms with Crippen LogP contribution in [0.4, 0.5) is 0 Å². The summed E-state index contributed by atoms with van der Waals surface area (Å²) < 4.78 is 2.84. The van der Waals surface area contributed by atoms with Gasteiger partial charge in [-0.15, -0.1) is 0 Å². The molecule has 2 heteroatoms. The summed E-state index contributed by atoms with van der Waals surface area (Å²) in [5.74, 6) is 0. The normalized spacial score (nSPS) is 10.2. The number of hydrogen-bond acceptors (Lipinski definition) is 1. The molecule has 2 heterocycles. The molecule has 2 aromatic heterocycles. The average molecular weight is 412 g/mol. The van der Waals surface area contributed by atoms with E-state index in [4.69, 9.17) is 0 Å². The van der Waals surface area contributed by atoms with Gasteiger partial charge in [0.2, 0.25) is 0 Å². The number of benzene rings is 3. The van der Waals surface area contributed by atoms with Crippen LogP contribution in [0.15, 0.2) is 115 Å². The van der Waals surface area contributed by atoms with E-state index in [0.717, 1.165) is 5.69 Å². The fourth-order valence-electron chi connectivity index (χ4n) is 2.88. The van der Waals surface area contributed by atoms with Crippen molar-refractivity contribution in [1.82, 2.24) is 4.98 Å². The van der Waals surface area contributed by atoms with Crippen molar-refractivity contribution in [3.8, 4) is 21.3 Å². The Hall–Kier alpha value is -2.93. The molecule has 0 unspecified atom stereocenters. The van der Waals surface area contributed by atoms with Gasteiger partial charge >= 0.3 is 94.0 Å². The van der Waals surface area contributed by atoms with Crippen LogP contribution in [0.25, 0.3) is 30.9 Å². The Kier molecular flexibility index (Phi) is 5.59. The minimum atomic E-state index is 0.422. The van der Waals surface area contributed by atoms with Crippen LogP contribution in [-0.2, 0) is 0 Å². The van der Waals surface area contributed by atoms with Crippen molar-refractivity contribution in [2.45, 2.75) is 0 Å². The summed E-state index contributed by atoms with van der Waals surface area (Å²) in [5, 5.41) is 1.36. The van der Waals surface area contributed by atoms with Gasteiger partial charge in [-0.1, -0.05) is 60.7 Å². The molecule has 0 amide bonds. The van der Waals surface area contributed by atoms with Crippen LogP contribution in [0.3, 0.4) is 0 Å². The number of hydrogen-bond donors (Lipinski definition) is 0. The molecule has 0 aliphatic heterocycles. The van der Waals surface area contributed by atoms with Gasteiger partial charge in [-0.25, -0.2) is 0 Å². The molecule has 5 rings (SSSR count). The molecule has 0 N–H and O–H groups in total. The van der Waals surface area contributed by atoms with E-state index in [1.807, 2.05) is 30.5 Å². The maximum atomic E-state index is 4.39. The average Bonchev–Trinajstić information content (AvgIpc) is 3.21. The summed E-state index contributed by atoms with van der Waals surface area (Å²) in [5.41, 5.74) is 3.67. The molecule has 5 aromatic rings. The van der Waals surface area contributed by atoms with Crippen LogP contribution in [0.2, 0.25) is 0 Å².